The molecule has 0 heterocycles. The van der Waals surface area contributed by atoms with Crippen molar-refractivity contribution < 1.29 is 4.79 Å². The van der Waals surface area contributed by atoms with Crippen LogP contribution in [-0.2, 0) is 11.3 Å². The highest BCUT2D eigenvalue weighted by molar-refractivity contribution is 5.78. The average molecular weight is 271 g/mol. The fourth-order valence-corrected chi connectivity index (χ4v) is 4.04. The maximum absolute atomic E-state index is 12.3. The van der Waals surface area contributed by atoms with Crippen LogP contribution in [0.1, 0.15) is 50.5 Å². The second-order valence-electron chi connectivity index (χ2n) is 6.52. The summed E-state index contributed by atoms with van der Waals surface area (Å²) in [6, 6.07) is 10.2. The van der Waals surface area contributed by atoms with E-state index in [0.29, 0.717) is 6.54 Å². The molecule has 0 aromatic heterocycles. The van der Waals surface area contributed by atoms with Crippen molar-refractivity contribution >= 4 is 5.91 Å². The van der Waals surface area contributed by atoms with Crippen molar-refractivity contribution in [2.45, 2.75) is 51.5 Å². The molecular formula is C18H25NO. The van der Waals surface area contributed by atoms with Gasteiger partial charge < -0.3 is 5.32 Å². The molecule has 1 aromatic rings. The van der Waals surface area contributed by atoms with E-state index in [0.717, 1.165) is 24.7 Å². The molecule has 108 valence electrons. The Morgan fingerprint density at radius 3 is 2.55 bits per heavy atom. The molecule has 2 saturated carbocycles. The molecule has 1 amide bonds. The van der Waals surface area contributed by atoms with Crippen LogP contribution in [0.2, 0.25) is 0 Å². The van der Waals surface area contributed by atoms with Crippen molar-refractivity contribution in [3.05, 3.63) is 35.9 Å². The highest BCUT2D eigenvalue weighted by atomic mass is 16.1. The van der Waals surface area contributed by atoms with Crippen molar-refractivity contribution in [2.75, 3.05) is 0 Å². The van der Waals surface area contributed by atoms with Crippen molar-refractivity contribution in [1.82, 2.24) is 5.32 Å². The molecule has 2 nitrogen and oxygen atoms in total. The van der Waals surface area contributed by atoms with Crippen LogP contribution < -0.4 is 5.32 Å². The van der Waals surface area contributed by atoms with Crippen molar-refractivity contribution in [1.29, 1.82) is 0 Å². The first kappa shape index (κ1) is 13.7. The van der Waals surface area contributed by atoms with Crippen LogP contribution in [0.5, 0.6) is 0 Å². The number of carbonyl (C=O) groups is 1. The number of nitrogens with one attached hydrogen (secondary N) is 1. The molecule has 20 heavy (non-hydrogen) atoms. The molecule has 2 aliphatic rings. The van der Waals surface area contributed by atoms with Gasteiger partial charge in [-0.3, -0.25) is 4.79 Å². The summed E-state index contributed by atoms with van der Waals surface area (Å²) in [7, 11) is 0. The first-order valence-electron chi connectivity index (χ1n) is 8.14. The van der Waals surface area contributed by atoms with E-state index in [2.05, 4.69) is 17.4 Å². The van der Waals surface area contributed by atoms with Gasteiger partial charge >= 0.3 is 0 Å². The van der Waals surface area contributed by atoms with Crippen LogP contribution in [0.4, 0.5) is 0 Å². The van der Waals surface area contributed by atoms with Gasteiger partial charge in [0.15, 0.2) is 0 Å². The summed E-state index contributed by atoms with van der Waals surface area (Å²) in [5.41, 5.74) is 1.19. The summed E-state index contributed by atoms with van der Waals surface area (Å²) in [6.07, 6.45) is 9.04. The normalized spacial score (nSPS) is 29.5. The molecule has 2 heteroatoms. The van der Waals surface area contributed by atoms with Gasteiger partial charge in [0.25, 0.3) is 0 Å². The predicted molar refractivity (Wildman–Crippen MR) is 81.1 cm³/mol. The molecule has 0 bridgehead atoms. The SMILES string of the molecule is O=C(NCc1ccccc1)C1CCC2CCCCC2C1. The summed E-state index contributed by atoms with van der Waals surface area (Å²) >= 11 is 0. The minimum atomic E-state index is 0.262. The molecule has 2 aliphatic carbocycles. The fourth-order valence-electron chi connectivity index (χ4n) is 4.04. The first-order chi connectivity index (χ1) is 9.83. The summed E-state index contributed by atoms with van der Waals surface area (Å²) in [5, 5.41) is 3.13. The quantitative estimate of drug-likeness (QED) is 0.887. The third-order valence-electron chi connectivity index (χ3n) is 5.22. The van der Waals surface area contributed by atoms with Crippen molar-refractivity contribution in [3.8, 4) is 0 Å². The van der Waals surface area contributed by atoms with E-state index in [1.54, 1.807) is 0 Å². The van der Waals surface area contributed by atoms with E-state index in [4.69, 9.17) is 0 Å². The molecule has 2 fully saturated rings. The van der Waals surface area contributed by atoms with Gasteiger partial charge in [-0.1, -0.05) is 56.0 Å². The lowest BCUT2D eigenvalue weighted by molar-refractivity contribution is -0.127. The zero-order valence-electron chi connectivity index (χ0n) is 12.2. The summed E-state index contributed by atoms with van der Waals surface area (Å²) in [6.45, 7) is 0.671. The second-order valence-corrected chi connectivity index (χ2v) is 6.52. The highest BCUT2D eigenvalue weighted by Gasteiger charge is 2.34. The lowest BCUT2D eigenvalue weighted by Gasteiger charge is -2.38. The Morgan fingerprint density at radius 2 is 1.75 bits per heavy atom. The Kier molecular flexibility index (Phi) is 4.39. The predicted octanol–water partition coefficient (Wildman–Crippen LogP) is 3.91. The average Bonchev–Trinajstić information content (AvgIpc) is 2.53. The van der Waals surface area contributed by atoms with Crippen LogP contribution >= 0.6 is 0 Å². The highest BCUT2D eigenvalue weighted by Crippen LogP contribution is 2.42. The maximum atomic E-state index is 12.3. The number of benzene rings is 1. The van der Waals surface area contributed by atoms with Crippen LogP contribution in [0.3, 0.4) is 0 Å². The molecule has 1 aromatic carbocycles. The van der Waals surface area contributed by atoms with Gasteiger partial charge in [0.1, 0.15) is 0 Å². The number of carbonyl (C=O) groups excluding carboxylic acids is 1. The summed E-state index contributed by atoms with van der Waals surface area (Å²) < 4.78 is 0. The van der Waals surface area contributed by atoms with Crippen LogP contribution in [-0.4, -0.2) is 5.91 Å². The van der Waals surface area contributed by atoms with E-state index >= 15 is 0 Å². The molecule has 0 radical (unpaired) electrons. The minimum Gasteiger partial charge on any atom is -0.352 e. The van der Waals surface area contributed by atoms with Gasteiger partial charge in [0.2, 0.25) is 5.91 Å². The zero-order valence-corrected chi connectivity index (χ0v) is 12.2. The van der Waals surface area contributed by atoms with E-state index in [9.17, 15) is 4.79 Å². The third-order valence-corrected chi connectivity index (χ3v) is 5.22. The van der Waals surface area contributed by atoms with E-state index in [1.165, 1.54) is 37.7 Å². The molecule has 3 atom stereocenters. The largest absolute Gasteiger partial charge is 0.352 e. The second kappa shape index (κ2) is 6.43. The Bertz CT molecular complexity index is 442. The molecule has 3 rings (SSSR count). The van der Waals surface area contributed by atoms with Gasteiger partial charge in [0.05, 0.1) is 0 Å². The van der Waals surface area contributed by atoms with Crippen molar-refractivity contribution in [2.24, 2.45) is 17.8 Å². The monoisotopic (exact) mass is 271 g/mol. The standard InChI is InChI=1S/C18H25NO/c20-18(19-13-14-6-2-1-3-7-14)17-11-10-15-8-4-5-9-16(15)12-17/h1-3,6-7,15-17H,4-5,8-13H2,(H,19,20). The fraction of sp³-hybridized carbons (Fsp3) is 0.611. The first-order valence-corrected chi connectivity index (χ1v) is 8.14. The van der Waals surface area contributed by atoms with Crippen LogP contribution in [0.15, 0.2) is 30.3 Å². The topological polar surface area (TPSA) is 29.1 Å². The molecule has 1 N–H and O–H groups in total. The smallest absolute Gasteiger partial charge is 0.223 e. The third kappa shape index (κ3) is 3.23. The van der Waals surface area contributed by atoms with Crippen LogP contribution in [0, 0.1) is 17.8 Å². The zero-order chi connectivity index (χ0) is 13.8. The van der Waals surface area contributed by atoms with E-state index in [1.807, 2.05) is 18.2 Å². The van der Waals surface area contributed by atoms with Gasteiger partial charge in [-0.05, 0) is 36.7 Å². The molecule has 3 unspecified atom stereocenters. The molecule has 0 saturated heterocycles. The van der Waals surface area contributed by atoms with E-state index < -0.39 is 0 Å². The maximum Gasteiger partial charge on any atom is 0.223 e. The lowest BCUT2D eigenvalue weighted by Crippen LogP contribution is -2.37. The van der Waals surface area contributed by atoms with E-state index in [-0.39, 0.29) is 11.8 Å². The Morgan fingerprint density at radius 1 is 1.00 bits per heavy atom. The Balaban J connectivity index is 1.50. The minimum absolute atomic E-state index is 0.262. The molecular weight excluding hydrogens is 246 g/mol. The molecule has 0 aliphatic heterocycles. The lowest BCUT2D eigenvalue weighted by atomic mass is 9.67. The Labute approximate surface area is 122 Å². The van der Waals surface area contributed by atoms with Crippen molar-refractivity contribution in [3.63, 3.8) is 0 Å². The van der Waals surface area contributed by atoms with Gasteiger partial charge in [-0.15, -0.1) is 0 Å². The number of rotatable bonds is 3. The number of amides is 1. The van der Waals surface area contributed by atoms with Gasteiger partial charge in [0, 0.05) is 12.5 Å². The van der Waals surface area contributed by atoms with Crippen LogP contribution in [0.25, 0.3) is 0 Å². The number of fused-ring (bicyclic) bond motifs is 1. The molecule has 0 spiro atoms. The van der Waals surface area contributed by atoms with Gasteiger partial charge in [-0.2, -0.15) is 0 Å². The number of hydrogen-bond donors (Lipinski definition) is 1. The van der Waals surface area contributed by atoms with Gasteiger partial charge in [-0.25, -0.2) is 0 Å². The summed E-state index contributed by atoms with van der Waals surface area (Å²) in [4.78, 5) is 12.3. The summed E-state index contributed by atoms with van der Waals surface area (Å²) in [5.74, 6) is 2.28. The Hall–Kier alpha value is -1.31. The number of hydrogen-bond acceptors (Lipinski definition) is 1.